The zero-order valence-electron chi connectivity index (χ0n) is 10.4. The Morgan fingerprint density at radius 1 is 1.32 bits per heavy atom. The van der Waals surface area contributed by atoms with Crippen LogP contribution in [0, 0.1) is 5.82 Å². The SMILES string of the molecule is CC[C@@H](N)c1ccc(Oc2ccc(F)c(Br)c2)cn1. The molecule has 0 fully saturated rings. The third-order valence-electron chi connectivity index (χ3n) is 2.71. The third-order valence-corrected chi connectivity index (χ3v) is 3.31. The fourth-order valence-electron chi connectivity index (χ4n) is 1.56. The molecule has 1 aromatic heterocycles. The van der Waals surface area contributed by atoms with Crippen LogP contribution >= 0.6 is 15.9 Å². The van der Waals surface area contributed by atoms with Gasteiger partial charge >= 0.3 is 0 Å². The Hall–Kier alpha value is -1.46. The first kappa shape index (κ1) is 14.0. The summed E-state index contributed by atoms with van der Waals surface area (Å²) in [6, 6.07) is 8.05. The number of hydrogen-bond donors (Lipinski definition) is 1. The van der Waals surface area contributed by atoms with Crippen LogP contribution in [0.25, 0.3) is 0 Å². The molecule has 2 rings (SSSR count). The molecule has 0 radical (unpaired) electrons. The van der Waals surface area contributed by atoms with E-state index >= 15 is 0 Å². The monoisotopic (exact) mass is 324 g/mol. The van der Waals surface area contributed by atoms with E-state index in [0.29, 0.717) is 16.0 Å². The predicted octanol–water partition coefficient (Wildman–Crippen LogP) is 4.19. The third kappa shape index (κ3) is 3.52. The second-order valence-corrected chi connectivity index (χ2v) is 4.97. The Morgan fingerprint density at radius 2 is 2.05 bits per heavy atom. The summed E-state index contributed by atoms with van der Waals surface area (Å²) in [4.78, 5) is 4.25. The van der Waals surface area contributed by atoms with Gasteiger partial charge < -0.3 is 10.5 Å². The predicted molar refractivity (Wildman–Crippen MR) is 75.6 cm³/mol. The van der Waals surface area contributed by atoms with Gasteiger partial charge in [0.15, 0.2) is 0 Å². The standard InChI is InChI=1S/C14H14BrFN2O/c1-2-13(17)14-6-4-10(8-18-14)19-9-3-5-12(16)11(15)7-9/h3-8,13H,2,17H2,1H3/t13-/m1/s1. The number of rotatable bonds is 4. The lowest BCUT2D eigenvalue weighted by atomic mass is 10.1. The Bertz CT molecular complexity index is 560. The second-order valence-electron chi connectivity index (χ2n) is 4.11. The van der Waals surface area contributed by atoms with Crippen LogP contribution in [0.4, 0.5) is 4.39 Å². The van der Waals surface area contributed by atoms with Gasteiger partial charge in [-0.25, -0.2) is 4.39 Å². The molecule has 19 heavy (non-hydrogen) atoms. The summed E-state index contributed by atoms with van der Waals surface area (Å²) in [6.45, 7) is 2.01. The molecule has 0 aliphatic rings. The van der Waals surface area contributed by atoms with Gasteiger partial charge in [0.05, 0.1) is 16.4 Å². The molecule has 0 amide bonds. The van der Waals surface area contributed by atoms with E-state index in [-0.39, 0.29) is 11.9 Å². The van der Waals surface area contributed by atoms with E-state index in [2.05, 4.69) is 20.9 Å². The minimum absolute atomic E-state index is 0.0611. The summed E-state index contributed by atoms with van der Waals surface area (Å²) in [5.41, 5.74) is 6.71. The fourth-order valence-corrected chi connectivity index (χ4v) is 1.91. The van der Waals surface area contributed by atoms with Gasteiger partial charge in [-0.15, -0.1) is 0 Å². The molecule has 2 N–H and O–H groups in total. The van der Waals surface area contributed by atoms with Gasteiger partial charge in [-0.1, -0.05) is 6.92 Å². The number of nitrogens with two attached hydrogens (primary N) is 1. The number of pyridine rings is 1. The summed E-state index contributed by atoms with van der Waals surface area (Å²) < 4.78 is 19.0. The van der Waals surface area contributed by atoms with E-state index < -0.39 is 0 Å². The smallest absolute Gasteiger partial charge is 0.145 e. The van der Waals surface area contributed by atoms with Crippen LogP contribution in [0.1, 0.15) is 25.1 Å². The lowest BCUT2D eigenvalue weighted by molar-refractivity contribution is 0.476. The van der Waals surface area contributed by atoms with Crippen molar-refractivity contribution in [2.75, 3.05) is 0 Å². The first-order valence-corrected chi connectivity index (χ1v) is 6.74. The van der Waals surface area contributed by atoms with Crippen molar-refractivity contribution in [2.45, 2.75) is 19.4 Å². The highest BCUT2D eigenvalue weighted by molar-refractivity contribution is 9.10. The fraction of sp³-hybridized carbons (Fsp3) is 0.214. The van der Waals surface area contributed by atoms with Crippen molar-refractivity contribution >= 4 is 15.9 Å². The van der Waals surface area contributed by atoms with Crippen molar-refractivity contribution in [3.8, 4) is 11.5 Å². The van der Waals surface area contributed by atoms with Gasteiger partial charge in [0.25, 0.3) is 0 Å². The Kier molecular flexibility index (Phi) is 4.50. The number of halogens is 2. The lowest BCUT2D eigenvalue weighted by Crippen LogP contribution is -2.10. The molecule has 0 spiro atoms. The highest BCUT2D eigenvalue weighted by Crippen LogP contribution is 2.26. The van der Waals surface area contributed by atoms with Gasteiger partial charge in [-0.2, -0.15) is 0 Å². The molecule has 100 valence electrons. The van der Waals surface area contributed by atoms with Crippen LogP contribution in [0.15, 0.2) is 41.0 Å². The van der Waals surface area contributed by atoms with Crippen LogP contribution in [-0.2, 0) is 0 Å². The molecular formula is C14H14BrFN2O. The van der Waals surface area contributed by atoms with Crippen LogP contribution in [0.2, 0.25) is 0 Å². The maximum Gasteiger partial charge on any atom is 0.145 e. The second kappa shape index (κ2) is 6.12. The van der Waals surface area contributed by atoms with Gasteiger partial charge in [0.1, 0.15) is 17.3 Å². The largest absolute Gasteiger partial charge is 0.456 e. The van der Waals surface area contributed by atoms with E-state index in [1.165, 1.54) is 6.07 Å². The normalized spacial score (nSPS) is 12.2. The quantitative estimate of drug-likeness (QED) is 0.917. The molecular weight excluding hydrogens is 311 g/mol. The van der Waals surface area contributed by atoms with Crippen LogP contribution in [-0.4, -0.2) is 4.98 Å². The van der Waals surface area contributed by atoms with E-state index in [0.717, 1.165) is 12.1 Å². The first-order chi connectivity index (χ1) is 9.10. The van der Waals surface area contributed by atoms with Crippen LogP contribution in [0.5, 0.6) is 11.5 Å². The van der Waals surface area contributed by atoms with Crippen LogP contribution < -0.4 is 10.5 Å². The van der Waals surface area contributed by atoms with Gasteiger partial charge in [0.2, 0.25) is 0 Å². The minimum Gasteiger partial charge on any atom is -0.456 e. The molecule has 1 heterocycles. The topological polar surface area (TPSA) is 48.1 Å². The summed E-state index contributed by atoms with van der Waals surface area (Å²) in [6.07, 6.45) is 2.44. The molecule has 5 heteroatoms. The van der Waals surface area contributed by atoms with Crippen molar-refractivity contribution < 1.29 is 9.13 Å². The summed E-state index contributed by atoms with van der Waals surface area (Å²) in [5, 5.41) is 0. The molecule has 0 bridgehead atoms. The molecule has 0 aliphatic heterocycles. The molecule has 1 atom stereocenters. The molecule has 0 saturated carbocycles. The minimum atomic E-state index is -0.324. The lowest BCUT2D eigenvalue weighted by Gasteiger charge is -2.10. The van der Waals surface area contributed by atoms with E-state index in [1.807, 2.05) is 13.0 Å². The van der Waals surface area contributed by atoms with Crippen molar-refractivity contribution in [1.82, 2.24) is 4.98 Å². The zero-order chi connectivity index (χ0) is 13.8. The highest BCUT2D eigenvalue weighted by Gasteiger charge is 2.06. The van der Waals surface area contributed by atoms with Gasteiger partial charge in [-0.05, 0) is 52.7 Å². The molecule has 0 aliphatic carbocycles. The molecule has 0 unspecified atom stereocenters. The maximum absolute atomic E-state index is 13.1. The van der Waals surface area contributed by atoms with Crippen molar-refractivity contribution in [3.63, 3.8) is 0 Å². The molecule has 2 aromatic rings. The van der Waals surface area contributed by atoms with E-state index in [9.17, 15) is 4.39 Å². The number of benzene rings is 1. The average Bonchev–Trinajstić information content (AvgIpc) is 2.43. The summed E-state index contributed by atoms with van der Waals surface area (Å²) >= 11 is 3.11. The number of ether oxygens (including phenoxy) is 1. The Labute approximate surface area is 119 Å². The van der Waals surface area contributed by atoms with Gasteiger partial charge in [0, 0.05) is 6.04 Å². The maximum atomic E-state index is 13.1. The van der Waals surface area contributed by atoms with Gasteiger partial charge in [-0.3, -0.25) is 4.98 Å². The van der Waals surface area contributed by atoms with Crippen molar-refractivity contribution in [2.24, 2.45) is 5.73 Å². The number of aromatic nitrogens is 1. The molecule has 3 nitrogen and oxygen atoms in total. The van der Waals surface area contributed by atoms with E-state index in [1.54, 1.807) is 24.4 Å². The number of hydrogen-bond acceptors (Lipinski definition) is 3. The summed E-state index contributed by atoms with van der Waals surface area (Å²) in [5.74, 6) is 0.808. The van der Waals surface area contributed by atoms with Crippen molar-refractivity contribution in [3.05, 3.63) is 52.5 Å². The summed E-state index contributed by atoms with van der Waals surface area (Å²) in [7, 11) is 0. The van der Waals surface area contributed by atoms with Crippen LogP contribution in [0.3, 0.4) is 0 Å². The Balaban J connectivity index is 2.12. The molecule has 1 aromatic carbocycles. The zero-order valence-corrected chi connectivity index (χ0v) is 12.0. The van der Waals surface area contributed by atoms with Crippen molar-refractivity contribution in [1.29, 1.82) is 0 Å². The first-order valence-electron chi connectivity index (χ1n) is 5.94. The Morgan fingerprint density at radius 3 is 2.63 bits per heavy atom. The number of nitrogens with zero attached hydrogens (tertiary/aromatic N) is 1. The average molecular weight is 325 g/mol. The van der Waals surface area contributed by atoms with E-state index in [4.69, 9.17) is 10.5 Å². The molecule has 0 saturated heterocycles. The highest BCUT2D eigenvalue weighted by atomic mass is 79.9.